The normalized spacial score (nSPS) is 23.6. The number of hydrogen-bond donors (Lipinski definition) is 0. The number of aromatic nitrogens is 1. The summed E-state index contributed by atoms with van der Waals surface area (Å²) in [6.45, 7) is 19.6. The molecule has 30 heavy (non-hydrogen) atoms. The fraction of sp³-hybridized carbons (Fsp3) is 0.560. The monoisotopic (exact) mass is 406 g/mol. The van der Waals surface area contributed by atoms with E-state index in [2.05, 4.69) is 98.5 Å². The van der Waals surface area contributed by atoms with E-state index in [4.69, 9.17) is 14.3 Å². The highest BCUT2D eigenvalue weighted by molar-refractivity contribution is 6.62. The van der Waals surface area contributed by atoms with Crippen molar-refractivity contribution in [1.82, 2.24) is 9.88 Å². The SMILES string of the molecule is Cc1cc(-c2ccc3c(c2)C(C)(C)N(C)C3(C)C)ncc1B1OC(C)(C)C(C)(C)O1. The highest BCUT2D eigenvalue weighted by Gasteiger charge is 2.52. The van der Waals surface area contributed by atoms with Crippen molar-refractivity contribution in [2.45, 2.75) is 84.6 Å². The Morgan fingerprint density at radius 1 is 0.833 bits per heavy atom. The van der Waals surface area contributed by atoms with Crippen LogP contribution in [0.25, 0.3) is 11.3 Å². The predicted octanol–water partition coefficient (Wildman–Crippen LogP) is 4.77. The molecule has 1 fully saturated rings. The van der Waals surface area contributed by atoms with E-state index in [9.17, 15) is 0 Å². The molecule has 1 aromatic heterocycles. The van der Waals surface area contributed by atoms with E-state index in [1.807, 2.05) is 6.20 Å². The topological polar surface area (TPSA) is 34.6 Å². The first-order valence-electron chi connectivity index (χ1n) is 10.9. The summed E-state index contributed by atoms with van der Waals surface area (Å²) in [5, 5.41) is 0. The molecule has 0 aliphatic carbocycles. The van der Waals surface area contributed by atoms with E-state index in [-0.39, 0.29) is 29.4 Å². The van der Waals surface area contributed by atoms with Crippen LogP contribution in [0.1, 0.15) is 72.1 Å². The summed E-state index contributed by atoms with van der Waals surface area (Å²) in [6.07, 6.45) is 1.92. The summed E-state index contributed by atoms with van der Waals surface area (Å²) < 4.78 is 12.5. The Morgan fingerprint density at radius 2 is 1.40 bits per heavy atom. The highest BCUT2D eigenvalue weighted by Crippen LogP contribution is 2.49. The molecular formula is C25H35BN2O2. The number of fused-ring (bicyclic) bond motifs is 1. The first-order chi connectivity index (χ1) is 13.7. The predicted molar refractivity (Wildman–Crippen MR) is 124 cm³/mol. The summed E-state index contributed by atoms with van der Waals surface area (Å²) in [5.41, 5.74) is 6.32. The maximum Gasteiger partial charge on any atom is 0.496 e. The molecule has 2 aromatic rings. The number of hydrogen-bond acceptors (Lipinski definition) is 4. The van der Waals surface area contributed by atoms with Gasteiger partial charge in [0.2, 0.25) is 0 Å². The molecule has 1 aromatic carbocycles. The lowest BCUT2D eigenvalue weighted by molar-refractivity contribution is 0.00578. The summed E-state index contributed by atoms with van der Waals surface area (Å²) in [5.74, 6) is 0. The van der Waals surface area contributed by atoms with Gasteiger partial charge in [0.05, 0.1) is 16.9 Å². The quantitative estimate of drug-likeness (QED) is 0.673. The van der Waals surface area contributed by atoms with Gasteiger partial charge in [0.1, 0.15) is 0 Å². The van der Waals surface area contributed by atoms with Gasteiger partial charge in [-0.3, -0.25) is 9.88 Å². The largest absolute Gasteiger partial charge is 0.496 e. The van der Waals surface area contributed by atoms with Gasteiger partial charge in [-0.25, -0.2) is 0 Å². The summed E-state index contributed by atoms with van der Waals surface area (Å²) in [7, 11) is 1.83. The molecule has 0 atom stereocenters. The molecule has 0 radical (unpaired) electrons. The van der Waals surface area contributed by atoms with Crippen molar-refractivity contribution in [3.05, 3.63) is 47.2 Å². The van der Waals surface area contributed by atoms with Crippen LogP contribution in [0.3, 0.4) is 0 Å². The van der Waals surface area contributed by atoms with Gasteiger partial charge in [0.25, 0.3) is 0 Å². The molecule has 0 saturated carbocycles. The molecule has 3 heterocycles. The van der Waals surface area contributed by atoms with Crippen LogP contribution in [0.4, 0.5) is 0 Å². The maximum absolute atomic E-state index is 6.23. The third-order valence-electron chi connectivity index (χ3n) is 7.97. The average Bonchev–Trinajstić information content (AvgIpc) is 2.94. The van der Waals surface area contributed by atoms with E-state index >= 15 is 0 Å². The smallest absolute Gasteiger partial charge is 0.399 e. The molecule has 5 heteroatoms. The van der Waals surface area contributed by atoms with E-state index < -0.39 is 0 Å². The third kappa shape index (κ3) is 2.97. The Morgan fingerprint density at radius 3 is 1.97 bits per heavy atom. The lowest BCUT2D eigenvalue weighted by atomic mass is 9.77. The lowest BCUT2D eigenvalue weighted by Gasteiger charge is -2.37. The number of nitrogens with zero attached hydrogens (tertiary/aromatic N) is 2. The number of rotatable bonds is 2. The molecule has 4 rings (SSSR count). The van der Waals surface area contributed by atoms with Crippen LogP contribution in [-0.4, -0.2) is 35.3 Å². The van der Waals surface area contributed by atoms with Crippen LogP contribution in [0, 0.1) is 6.92 Å². The zero-order chi connectivity index (χ0) is 22.3. The molecule has 0 amide bonds. The van der Waals surface area contributed by atoms with Gasteiger partial charge in [0.15, 0.2) is 0 Å². The molecule has 0 spiro atoms. The highest BCUT2D eigenvalue weighted by atomic mass is 16.7. The first-order valence-corrected chi connectivity index (χ1v) is 10.9. The zero-order valence-electron chi connectivity index (χ0n) is 20.2. The molecular weight excluding hydrogens is 371 g/mol. The van der Waals surface area contributed by atoms with Gasteiger partial charge in [-0.05, 0) is 98.2 Å². The second kappa shape index (κ2) is 6.41. The third-order valence-corrected chi connectivity index (χ3v) is 7.97. The molecule has 0 N–H and O–H groups in total. The van der Waals surface area contributed by atoms with E-state index in [1.165, 1.54) is 11.1 Å². The van der Waals surface area contributed by atoms with Gasteiger partial charge >= 0.3 is 7.12 Å². The van der Waals surface area contributed by atoms with Gasteiger partial charge in [-0.2, -0.15) is 0 Å². The van der Waals surface area contributed by atoms with Gasteiger partial charge in [0, 0.05) is 28.3 Å². The lowest BCUT2D eigenvalue weighted by Crippen LogP contribution is -2.42. The van der Waals surface area contributed by atoms with Crippen molar-refractivity contribution in [3.8, 4) is 11.3 Å². The van der Waals surface area contributed by atoms with Crippen molar-refractivity contribution in [2.75, 3.05) is 7.05 Å². The van der Waals surface area contributed by atoms with Crippen molar-refractivity contribution in [2.24, 2.45) is 0 Å². The molecule has 4 nitrogen and oxygen atoms in total. The summed E-state index contributed by atoms with van der Waals surface area (Å²) in [4.78, 5) is 7.26. The van der Waals surface area contributed by atoms with Crippen molar-refractivity contribution >= 4 is 12.6 Å². The van der Waals surface area contributed by atoms with Crippen LogP contribution in [0.2, 0.25) is 0 Å². The van der Waals surface area contributed by atoms with Crippen molar-refractivity contribution < 1.29 is 9.31 Å². The Labute approximate surface area is 182 Å². The number of benzene rings is 1. The molecule has 0 unspecified atom stereocenters. The molecule has 2 aliphatic rings. The van der Waals surface area contributed by atoms with Gasteiger partial charge in [-0.1, -0.05) is 12.1 Å². The van der Waals surface area contributed by atoms with Crippen LogP contribution in [-0.2, 0) is 20.4 Å². The second-order valence-corrected chi connectivity index (χ2v) is 11.0. The van der Waals surface area contributed by atoms with Crippen LogP contribution < -0.4 is 5.46 Å². The Bertz CT molecular complexity index is 994. The molecule has 0 bridgehead atoms. The fourth-order valence-corrected chi connectivity index (χ4v) is 4.74. The van der Waals surface area contributed by atoms with E-state index in [0.717, 1.165) is 22.3 Å². The number of pyridine rings is 1. The molecule has 1 saturated heterocycles. The Hall–Kier alpha value is -1.69. The summed E-state index contributed by atoms with van der Waals surface area (Å²) >= 11 is 0. The van der Waals surface area contributed by atoms with E-state index in [1.54, 1.807) is 0 Å². The standard InChI is InChI=1S/C25H35BN2O2/c1-16-13-21(27-15-20(16)26-29-24(6,7)25(8,9)30-26)17-11-12-18-19(14-17)23(4,5)28(10)22(18,2)3/h11-15H,1-10H3. The van der Waals surface area contributed by atoms with Crippen molar-refractivity contribution in [1.29, 1.82) is 0 Å². The fourth-order valence-electron chi connectivity index (χ4n) is 4.74. The molecule has 2 aliphatic heterocycles. The minimum atomic E-state index is -0.384. The average molecular weight is 406 g/mol. The summed E-state index contributed by atoms with van der Waals surface area (Å²) in [6, 6.07) is 8.94. The van der Waals surface area contributed by atoms with E-state index in [0.29, 0.717) is 0 Å². The first kappa shape index (κ1) is 21.5. The van der Waals surface area contributed by atoms with Crippen LogP contribution in [0.5, 0.6) is 0 Å². The van der Waals surface area contributed by atoms with Crippen LogP contribution >= 0.6 is 0 Å². The van der Waals surface area contributed by atoms with Crippen LogP contribution in [0.15, 0.2) is 30.5 Å². The van der Waals surface area contributed by atoms with Gasteiger partial charge in [-0.15, -0.1) is 0 Å². The number of aryl methyl sites for hydroxylation is 1. The van der Waals surface area contributed by atoms with Gasteiger partial charge < -0.3 is 9.31 Å². The zero-order valence-corrected chi connectivity index (χ0v) is 20.2. The Kier molecular flexibility index (Phi) is 4.60. The second-order valence-electron chi connectivity index (χ2n) is 11.0. The van der Waals surface area contributed by atoms with Crippen molar-refractivity contribution in [3.63, 3.8) is 0 Å². The maximum atomic E-state index is 6.23. The molecule has 160 valence electrons. The minimum absolute atomic E-state index is 0.0152. The minimum Gasteiger partial charge on any atom is -0.399 e. The Balaban J connectivity index is 1.70.